The predicted molar refractivity (Wildman–Crippen MR) is 90.3 cm³/mol. The number of carbonyl (C=O) groups is 1. The summed E-state index contributed by atoms with van der Waals surface area (Å²) < 4.78 is 24.5. The Labute approximate surface area is 138 Å². The highest BCUT2D eigenvalue weighted by atomic mass is 32.2. The summed E-state index contributed by atoms with van der Waals surface area (Å²) in [5, 5.41) is 13.5. The Hall–Kier alpha value is -2.94. The summed E-state index contributed by atoms with van der Waals surface area (Å²) in [7, 11) is -3.37. The lowest BCUT2D eigenvalue weighted by molar-refractivity contribution is -0.385. The molecule has 8 nitrogen and oxygen atoms in total. The zero-order valence-corrected chi connectivity index (χ0v) is 13.5. The number of carbonyl (C=O) groups excluding carboxylic acids is 1. The van der Waals surface area contributed by atoms with Gasteiger partial charge in [0.15, 0.2) is 0 Å². The summed E-state index contributed by atoms with van der Waals surface area (Å²) in [6.45, 7) is 0. The van der Waals surface area contributed by atoms with E-state index < -0.39 is 20.9 Å². The molecule has 0 radical (unpaired) electrons. The van der Waals surface area contributed by atoms with Crippen molar-refractivity contribution < 1.29 is 18.1 Å². The first kappa shape index (κ1) is 17.4. The maximum absolute atomic E-state index is 12.0. The maximum atomic E-state index is 12.0. The summed E-state index contributed by atoms with van der Waals surface area (Å²) in [6.07, 6.45) is 0.899. The van der Waals surface area contributed by atoms with E-state index in [0.717, 1.165) is 6.26 Å². The van der Waals surface area contributed by atoms with Gasteiger partial charge in [-0.15, -0.1) is 0 Å². The Morgan fingerprint density at radius 2 is 1.67 bits per heavy atom. The van der Waals surface area contributed by atoms with Gasteiger partial charge in [-0.1, -0.05) is 18.2 Å². The van der Waals surface area contributed by atoms with Gasteiger partial charge in [0.1, 0.15) is 0 Å². The lowest BCUT2D eigenvalue weighted by atomic mass is 10.1. The number of nitrogens with one attached hydrogen (secondary N) is 2. The van der Waals surface area contributed by atoms with Gasteiger partial charge in [-0.2, -0.15) is 0 Å². The van der Waals surface area contributed by atoms with Gasteiger partial charge in [-0.3, -0.25) is 19.6 Å². The summed E-state index contributed by atoms with van der Waals surface area (Å²) in [4.78, 5) is 22.4. The van der Waals surface area contributed by atoms with E-state index in [9.17, 15) is 23.3 Å². The molecule has 0 spiro atoms. The van der Waals surface area contributed by atoms with Crippen molar-refractivity contribution in [3.63, 3.8) is 0 Å². The van der Waals surface area contributed by atoms with Crippen molar-refractivity contribution in [3.05, 3.63) is 64.2 Å². The number of sulfonamides is 1. The van der Waals surface area contributed by atoms with Crippen molar-refractivity contribution in [2.75, 3.05) is 16.3 Å². The van der Waals surface area contributed by atoms with Crippen LogP contribution in [-0.2, 0) is 21.2 Å². The normalized spacial score (nSPS) is 10.9. The van der Waals surface area contributed by atoms with E-state index in [1.54, 1.807) is 6.07 Å². The Morgan fingerprint density at radius 1 is 1.08 bits per heavy atom. The van der Waals surface area contributed by atoms with Gasteiger partial charge in [0.2, 0.25) is 15.9 Å². The third kappa shape index (κ3) is 5.06. The van der Waals surface area contributed by atoms with Crippen LogP contribution in [0.4, 0.5) is 17.1 Å². The second kappa shape index (κ2) is 7.09. The summed E-state index contributed by atoms with van der Waals surface area (Å²) >= 11 is 0. The van der Waals surface area contributed by atoms with Gasteiger partial charge < -0.3 is 5.32 Å². The minimum atomic E-state index is -3.37. The van der Waals surface area contributed by atoms with E-state index >= 15 is 0 Å². The molecule has 0 unspecified atom stereocenters. The van der Waals surface area contributed by atoms with Gasteiger partial charge in [0.05, 0.1) is 17.6 Å². The van der Waals surface area contributed by atoms with Gasteiger partial charge in [-0.05, 0) is 24.3 Å². The lowest BCUT2D eigenvalue weighted by Gasteiger charge is -2.08. The molecule has 2 rings (SSSR count). The van der Waals surface area contributed by atoms with Crippen molar-refractivity contribution in [1.29, 1.82) is 0 Å². The highest BCUT2D eigenvalue weighted by Gasteiger charge is 2.15. The first-order chi connectivity index (χ1) is 11.2. The summed E-state index contributed by atoms with van der Waals surface area (Å²) in [5.41, 5.74) is 1.03. The molecule has 0 aliphatic heterocycles. The highest BCUT2D eigenvalue weighted by Crippen LogP contribution is 2.19. The first-order valence-electron chi connectivity index (χ1n) is 6.84. The number of hydrogen-bond acceptors (Lipinski definition) is 5. The molecule has 0 atom stereocenters. The minimum Gasteiger partial charge on any atom is -0.326 e. The van der Waals surface area contributed by atoms with Gasteiger partial charge >= 0.3 is 0 Å². The smallest absolute Gasteiger partial charge is 0.273 e. The molecule has 1 amide bonds. The molecule has 2 aromatic rings. The van der Waals surface area contributed by atoms with E-state index in [-0.39, 0.29) is 12.1 Å². The van der Waals surface area contributed by atoms with Crippen LogP contribution < -0.4 is 10.0 Å². The molecule has 9 heteroatoms. The van der Waals surface area contributed by atoms with Crippen molar-refractivity contribution in [1.82, 2.24) is 0 Å². The number of rotatable bonds is 6. The molecular formula is C15H15N3O5S. The topological polar surface area (TPSA) is 118 Å². The second-order valence-electron chi connectivity index (χ2n) is 5.06. The molecule has 0 heterocycles. The van der Waals surface area contributed by atoms with Crippen LogP contribution in [0.5, 0.6) is 0 Å². The van der Waals surface area contributed by atoms with E-state index in [1.807, 2.05) is 0 Å². The number of benzene rings is 2. The van der Waals surface area contributed by atoms with Crippen molar-refractivity contribution in [2.24, 2.45) is 0 Å². The molecule has 24 heavy (non-hydrogen) atoms. The van der Waals surface area contributed by atoms with E-state index in [1.165, 1.54) is 42.5 Å². The average molecular weight is 349 g/mol. The number of amides is 1. The quantitative estimate of drug-likeness (QED) is 0.612. The van der Waals surface area contributed by atoms with Gasteiger partial charge in [0, 0.05) is 23.0 Å². The molecule has 0 aliphatic carbocycles. The van der Waals surface area contributed by atoms with E-state index in [4.69, 9.17) is 0 Å². The summed E-state index contributed by atoms with van der Waals surface area (Å²) in [5.74, 6) is -0.409. The summed E-state index contributed by atoms with van der Waals surface area (Å²) in [6, 6.07) is 12.1. The maximum Gasteiger partial charge on any atom is 0.273 e. The van der Waals surface area contributed by atoms with Crippen LogP contribution in [0.2, 0.25) is 0 Å². The van der Waals surface area contributed by atoms with Crippen LogP contribution in [0, 0.1) is 10.1 Å². The largest absolute Gasteiger partial charge is 0.326 e. The minimum absolute atomic E-state index is 0.111. The van der Waals surface area contributed by atoms with Crippen LogP contribution in [0.1, 0.15) is 5.56 Å². The fourth-order valence-corrected chi connectivity index (χ4v) is 2.62. The van der Waals surface area contributed by atoms with Crippen LogP contribution >= 0.6 is 0 Å². The fourth-order valence-electron chi connectivity index (χ4n) is 2.05. The van der Waals surface area contributed by atoms with Crippen LogP contribution in [0.15, 0.2) is 48.5 Å². The number of para-hydroxylation sites is 1. The predicted octanol–water partition coefficient (Wildman–Crippen LogP) is 2.15. The standard InChI is InChI=1S/C15H15N3O5S/c1-24(22,23)17-13-8-6-12(7-9-13)16-15(19)10-11-4-2-3-5-14(11)18(20)21/h2-9,17H,10H2,1H3,(H,16,19). The van der Waals surface area contributed by atoms with Crippen LogP contribution in [0.25, 0.3) is 0 Å². The second-order valence-corrected chi connectivity index (χ2v) is 6.81. The van der Waals surface area contributed by atoms with Crippen molar-refractivity contribution in [2.45, 2.75) is 6.42 Å². The molecule has 126 valence electrons. The van der Waals surface area contributed by atoms with Crippen molar-refractivity contribution in [3.8, 4) is 0 Å². The van der Waals surface area contributed by atoms with Crippen LogP contribution in [0.3, 0.4) is 0 Å². The Bertz CT molecular complexity index is 863. The fraction of sp³-hybridized carbons (Fsp3) is 0.133. The zero-order chi connectivity index (χ0) is 17.7. The van der Waals surface area contributed by atoms with Gasteiger partial charge in [0.25, 0.3) is 5.69 Å². The number of nitro groups is 1. The zero-order valence-electron chi connectivity index (χ0n) is 12.7. The molecule has 0 aromatic heterocycles. The molecule has 2 N–H and O–H groups in total. The molecule has 0 saturated carbocycles. The van der Waals surface area contributed by atoms with Crippen molar-refractivity contribution >= 4 is 33.0 Å². The monoisotopic (exact) mass is 349 g/mol. The van der Waals surface area contributed by atoms with Crippen LogP contribution in [-0.4, -0.2) is 25.5 Å². The molecule has 0 aliphatic rings. The number of nitrogens with zero attached hydrogens (tertiary/aromatic N) is 1. The van der Waals surface area contributed by atoms with Gasteiger partial charge in [-0.25, -0.2) is 8.42 Å². The molecular weight excluding hydrogens is 334 g/mol. The SMILES string of the molecule is CS(=O)(=O)Nc1ccc(NC(=O)Cc2ccccc2[N+](=O)[O-])cc1. The Kier molecular flexibility index (Phi) is 5.14. The van der Waals surface area contributed by atoms with E-state index in [2.05, 4.69) is 10.0 Å². The molecule has 0 bridgehead atoms. The molecule has 0 fully saturated rings. The Morgan fingerprint density at radius 3 is 2.25 bits per heavy atom. The number of hydrogen-bond donors (Lipinski definition) is 2. The number of nitro benzene ring substituents is 1. The number of anilines is 2. The molecule has 0 saturated heterocycles. The third-order valence-corrected chi connectivity index (χ3v) is 3.62. The average Bonchev–Trinajstić information content (AvgIpc) is 2.48. The first-order valence-corrected chi connectivity index (χ1v) is 8.74. The van der Waals surface area contributed by atoms with E-state index in [0.29, 0.717) is 16.9 Å². The molecule has 2 aromatic carbocycles. The Balaban J connectivity index is 2.04. The lowest BCUT2D eigenvalue weighted by Crippen LogP contribution is -2.15. The third-order valence-electron chi connectivity index (χ3n) is 3.01. The highest BCUT2D eigenvalue weighted by molar-refractivity contribution is 7.92.